The van der Waals surface area contributed by atoms with E-state index in [1.807, 2.05) is 50.2 Å². The Balaban J connectivity index is 2.07. The number of carbonyl (C=O) groups excluding carboxylic acids is 2. The Hall–Kier alpha value is -2.84. The second kappa shape index (κ2) is 6.96. The molecule has 0 N–H and O–H groups in total. The number of anilines is 1. The lowest BCUT2D eigenvalue weighted by Crippen LogP contribution is -2.31. The molecule has 25 heavy (non-hydrogen) atoms. The molecule has 2 aromatic carbocycles. The van der Waals surface area contributed by atoms with Gasteiger partial charge >= 0.3 is 0 Å². The summed E-state index contributed by atoms with van der Waals surface area (Å²) in [6.45, 7) is 3.98. The van der Waals surface area contributed by atoms with E-state index in [4.69, 9.17) is 5.26 Å². The third-order valence-electron chi connectivity index (χ3n) is 3.71. The molecule has 124 valence electrons. The van der Waals surface area contributed by atoms with Crippen molar-refractivity contribution in [3.8, 4) is 6.07 Å². The normalized spacial score (nSPS) is 14.4. The van der Waals surface area contributed by atoms with Crippen LogP contribution < -0.4 is 4.90 Å². The Labute approximate surface area is 150 Å². The van der Waals surface area contributed by atoms with E-state index in [9.17, 15) is 9.59 Å². The van der Waals surface area contributed by atoms with Gasteiger partial charge < -0.3 is 0 Å². The summed E-state index contributed by atoms with van der Waals surface area (Å²) in [6.07, 6.45) is 0. The predicted molar refractivity (Wildman–Crippen MR) is 99.7 cm³/mol. The lowest BCUT2D eigenvalue weighted by molar-refractivity contribution is -0.119. The van der Waals surface area contributed by atoms with Crippen LogP contribution in [0.2, 0.25) is 0 Å². The summed E-state index contributed by atoms with van der Waals surface area (Å²) in [5.74, 6) is -0.642. The van der Waals surface area contributed by atoms with Gasteiger partial charge in [-0.25, -0.2) is 4.90 Å². The molecule has 1 heterocycles. The molecule has 0 aliphatic carbocycles. The molecule has 0 spiro atoms. The van der Waals surface area contributed by atoms with Gasteiger partial charge in [0.05, 0.1) is 27.8 Å². The van der Waals surface area contributed by atoms with E-state index in [-0.39, 0.29) is 17.1 Å². The maximum atomic E-state index is 13.0. The number of amides is 2. The maximum Gasteiger partial charge on any atom is 0.272 e. The van der Waals surface area contributed by atoms with Gasteiger partial charge in [0.1, 0.15) is 0 Å². The van der Waals surface area contributed by atoms with Crippen molar-refractivity contribution < 1.29 is 9.59 Å². The van der Waals surface area contributed by atoms with Crippen LogP contribution in [0.1, 0.15) is 25.0 Å². The van der Waals surface area contributed by atoms with E-state index in [1.165, 1.54) is 16.7 Å². The highest BCUT2D eigenvalue weighted by Gasteiger charge is 2.40. The summed E-state index contributed by atoms with van der Waals surface area (Å²) in [5.41, 5.74) is 2.13. The van der Waals surface area contributed by atoms with Crippen molar-refractivity contribution in [2.45, 2.75) is 19.1 Å². The van der Waals surface area contributed by atoms with Crippen molar-refractivity contribution in [2.24, 2.45) is 0 Å². The van der Waals surface area contributed by atoms with E-state index in [0.29, 0.717) is 21.7 Å². The number of imide groups is 1. The molecular weight excluding hydrogens is 332 g/mol. The Bertz CT molecular complexity index is 894. The minimum atomic E-state index is -0.330. The van der Waals surface area contributed by atoms with Gasteiger partial charge in [-0.1, -0.05) is 44.2 Å². The van der Waals surface area contributed by atoms with Gasteiger partial charge in [0.15, 0.2) is 0 Å². The second-order valence-corrected chi connectivity index (χ2v) is 7.43. The van der Waals surface area contributed by atoms with Crippen molar-refractivity contribution >= 4 is 34.8 Å². The average molecular weight is 348 g/mol. The topological polar surface area (TPSA) is 61.2 Å². The molecule has 0 saturated heterocycles. The highest BCUT2D eigenvalue weighted by molar-refractivity contribution is 8.04. The average Bonchev–Trinajstić information content (AvgIpc) is 2.85. The van der Waals surface area contributed by atoms with E-state index in [2.05, 4.69) is 0 Å². The number of hydrogen-bond acceptors (Lipinski definition) is 4. The number of carbonyl (C=O) groups is 2. The molecule has 3 rings (SSSR count). The van der Waals surface area contributed by atoms with Gasteiger partial charge in [0, 0.05) is 5.25 Å². The van der Waals surface area contributed by atoms with E-state index in [0.717, 1.165) is 5.56 Å². The summed E-state index contributed by atoms with van der Waals surface area (Å²) >= 11 is 1.40. The molecule has 2 amide bonds. The van der Waals surface area contributed by atoms with Crippen molar-refractivity contribution in [1.29, 1.82) is 5.26 Å². The standard InChI is InChI=1S/C20H16N2O2S/c1-13(2)25-18-17(15-6-4-3-5-7-15)19(23)22(20(18)24)16-10-8-14(12-21)9-11-16/h3-11,13H,1-2H3. The first-order valence-corrected chi connectivity index (χ1v) is 8.76. The molecule has 0 unspecified atom stereocenters. The molecule has 2 aromatic rings. The zero-order chi connectivity index (χ0) is 18.0. The summed E-state index contributed by atoms with van der Waals surface area (Å²) < 4.78 is 0. The SMILES string of the molecule is CC(C)SC1=C(c2ccccc2)C(=O)N(c2ccc(C#N)cc2)C1=O. The molecule has 1 aliphatic rings. The Morgan fingerprint density at radius 2 is 1.60 bits per heavy atom. The smallest absolute Gasteiger partial charge is 0.268 e. The highest BCUT2D eigenvalue weighted by atomic mass is 32.2. The molecule has 0 atom stereocenters. The number of rotatable bonds is 4. The van der Waals surface area contributed by atoms with Gasteiger partial charge in [-0.05, 0) is 29.8 Å². The Morgan fingerprint density at radius 1 is 0.960 bits per heavy atom. The van der Waals surface area contributed by atoms with Crippen LogP contribution in [-0.2, 0) is 9.59 Å². The first kappa shape index (κ1) is 17.0. The minimum absolute atomic E-state index is 0.173. The van der Waals surface area contributed by atoms with Crippen molar-refractivity contribution in [3.05, 3.63) is 70.6 Å². The van der Waals surface area contributed by atoms with Crippen LogP contribution in [0.25, 0.3) is 5.57 Å². The van der Waals surface area contributed by atoms with Crippen LogP contribution in [-0.4, -0.2) is 17.1 Å². The number of nitriles is 1. The number of nitrogens with zero attached hydrogens (tertiary/aromatic N) is 2. The molecule has 1 aliphatic heterocycles. The van der Waals surface area contributed by atoms with Crippen molar-refractivity contribution in [2.75, 3.05) is 4.90 Å². The first-order valence-electron chi connectivity index (χ1n) is 7.88. The molecular formula is C20H16N2O2S. The van der Waals surface area contributed by atoms with Gasteiger partial charge in [-0.3, -0.25) is 9.59 Å². The largest absolute Gasteiger partial charge is 0.272 e. The van der Waals surface area contributed by atoms with Crippen LogP contribution in [0, 0.1) is 11.3 Å². The number of hydrogen-bond donors (Lipinski definition) is 0. The highest BCUT2D eigenvalue weighted by Crippen LogP contribution is 2.39. The monoisotopic (exact) mass is 348 g/mol. The van der Waals surface area contributed by atoms with Crippen molar-refractivity contribution in [3.63, 3.8) is 0 Å². The fraction of sp³-hybridized carbons (Fsp3) is 0.150. The van der Waals surface area contributed by atoms with E-state index < -0.39 is 0 Å². The van der Waals surface area contributed by atoms with Crippen LogP contribution in [0.5, 0.6) is 0 Å². The fourth-order valence-corrected chi connectivity index (χ4v) is 3.62. The van der Waals surface area contributed by atoms with Crippen LogP contribution in [0.4, 0.5) is 5.69 Å². The van der Waals surface area contributed by atoms with Gasteiger partial charge in [0.25, 0.3) is 11.8 Å². The fourth-order valence-electron chi connectivity index (χ4n) is 2.63. The minimum Gasteiger partial charge on any atom is -0.268 e. The van der Waals surface area contributed by atoms with E-state index >= 15 is 0 Å². The van der Waals surface area contributed by atoms with Crippen LogP contribution in [0.15, 0.2) is 59.5 Å². The van der Waals surface area contributed by atoms with Gasteiger partial charge in [-0.2, -0.15) is 5.26 Å². The quantitative estimate of drug-likeness (QED) is 0.784. The Kier molecular flexibility index (Phi) is 4.73. The molecule has 0 bridgehead atoms. The van der Waals surface area contributed by atoms with Crippen molar-refractivity contribution in [1.82, 2.24) is 0 Å². The molecule has 0 fully saturated rings. The lowest BCUT2D eigenvalue weighted by atomic mass is 10.1. The third-order valence-corrected chi connectivity index (χ3v) is 4.80. The van der Waals surface area contributed by atoms with E-state index in [1.54, 1.807) is 24.3 Å². The predicted octanol–water partition coefficient (Wildman–Crippen LogP) is 3.98. The summed E-state index contributed by atoms with van der Waals surface area (Å²) in [7, 11) is 0. The van der Waals surface area contributed by atoms with Gasteiger partial charge in [0.2, 0.25) is 0 Å². The summed E-state index contributed by atoms with van der Waals surface area (Å²) in [6, 6.07) is 17.7. The molecule has 5 heteroatoms. The third kappa shape index (κ3) is 3.21. The number of benzene rings is 2. The van der Waals surface area contributed by atoms with Gasteiger partial charge in [-0.15, -0.1) is 11.8 Å². The first-order chi connectivity index (χ1) is 12.0. The molecule has 0 aromatic heterocycles. The summed E-state index contributed by atoms with van der Waals surface area (Å²) in [5, 5.41) is 9.09. The van der Waals surface area contributed by atoms with Crippen LogP contribution >= 0.6 is 11.8 Å². The van der Waals surface area contributed by atoms with Crippen LogP contribution in [0.3, 0.4) is 0 Å². The lowest BCUT2D eigenvalue weighted by Gasteiger charge is -2.15. The summed E-state index contributed by atoms with van der Waals surface area (Å²) in [4.78, 5) is 27.6. The zero-order valence-electron chi connectivity index (χ0n) is 13.9. The number of thioether (sulfide) groups is 1. The Morgan fingerprint density at radius 3 is 2.16 bits per heavy atom. The molecule has 0 saturated carbocycles. The zero-order valence-corrected chi connectivity index (χ0v) is 14.7. The molecule has 4 nitrogen and oxygen atoms in total. The second-order valence-electron chi connectivity index (χ2n) is 5.84. The maximum absolute atomic E-state index is 13.0. The molecule has 0 radical (unpaired) electrons.